The summed E-state index contributed by atoms with van der Waals surface area (Å²) in [5.74, 6) is -0.664. The third-order valence-corrected chi connectivity index (χ3v) is 2.92. The molecule has 4 heteroatoms. The van der Waals surface area contributed by atoms with Crippen LogP contribution in [-0.2, 0) is 0 Å². The van der Waals surface area contributed by atoms with E-state index in [1.807, 2.05) is 6.92 Å². The van der Waals surface area contributed by atoms with Gasteiger partial charge in [-0.05, 0) is 12.3 Å². The second kappa shape index (κ2) is 8.05. The predicted octanol–water partition coefficient (Wildman–Crippen LogP) is 0.135. The van der Waals surface area contributed by atoms with E-state index < -0.39 is 18.1 Å². The normalized spacial score (nSPS) is 19.6. The first-order valence-electron chi connectivity index (χ1n) is 5.66. The molecule has 0 aliphatic rings. The summed E-state index contributed by atoms with van der Waals surface area (Å²) in [4.78, 5) is 0. The fourth-order valence-corrected chi connectivity index (χ4v) is 1.63. The van der Waals surface area contributed by atoms with Crippen LogP contribution in [0.4, 0.5) is 0 Å². The van der Waals surface area contributed by atoms with Gasteiger partial charge in [0.2, 0.25) is 0 Å². The zero-order valence-electron chi connectivity index (χ0n) is 9.63. The number of hydrogen-bond acceptors (Lipinski definition) is 4. The van der Waals surface area contributed by atoms with Gasteiger partial charge in [-0.2, -0.15) is 0 Å². The average Bonchev–Trinajstić information content (AvgIpc) is 2.26. The van der Waals surface area contributed by atoms with Crippen LogP contribution in [0.1, 0.15) is 33.1 Å². The minimum absolute atomic E-state index is 0.0945. The second-order valence-corrected chi connectivity index (χ2v) is 4.21. The Bertz CT molecular complexity index is 152. The Labute approximate surface area is 91.6 Å². The summed E-state index contributed by atoms with van der Waals surface area (Å²) in [5.41, 5.74) is 0. The van der Waals surface area contributed by atoms with Crippen molar-refractivity contribution in [2.24, 2.45) is 11.8 Å². The Kier molecular flexibility index (Phi) is 7.96. The topological polar surface area (TPSA) is 80.9 Å². The molecule has 4 unspecified atom stereocenters. The molecule has 0 aromatic carbocycles. The Balaban J connectivity index is 4.17. The minimum Gasteiger partial charge on any atom is -0.396 e. The highest BCUT2D eigenvalue weighted by molar-refractivity contribution is 4.79. The molecule has 0 amide bonds. The van der Waals surface area contributed by atoms with E-state index >= 15 is 0 Å². The van der Waals surface area contributed by atoms with Crippen molar-refractivity contribution in [3.63, 3.8) is 0 Å². The molecule has 0 saturated carbocycles. The van der Waals surface area contributed by atoms with E-state index in [1.54, 1.807) is 6.92 Å². The summed E-state index contributed by atoms with van der Waals surface area (Å²) >= 11 is 0. The largest absolute Gasteiger partial charge is 0.396 e. The predicted molar refractivity (Wildman–Crippen MR) is 58.4 cm³/mol. The summed E-state index contributed by atoms with van der Waals surface area (Å²) < 4.78 is 0. The molecule has 4 nitrogen and oxygen atoms in total. The molecule has 0 aliphatic heterocycles. The van der Waals surface area contributed by atoms with Crippen molar-refractivity contribution in [3.05, 3.63) is 0 Å². The van der Waals surface area contributed by atoms with Crippen LogP contribution in [-0.4, -0.2) is 45.8 Å². The molecular formula is C11H24O4. The SMILES string of the molecule is CCCCC(O)C(O)C(CO)C(C)CO. The van der Waals surface area contributed by atoms with Gasteiger partial charge in [-0.15, -0.1) is 0 Å². The summed E-state index contributed by atoms with van der Waals surface area (Å²) in [6.45, 7) is 3.45. The Morgan fingerprint density at radius 1 is 1.07 bits per heavy atom. The maximum absolute atomic E-state index is 9.78. The van der Waals surface area contributed by atoms with Crippen LogP contribution in [0.2, 0.25) is 0 Å². The van der Waals surface area contributed by atoms with E-state index in [4.69, 9.17) is 10.2 Å². The van der Waals surface area contributed by atoms with Gasteiger partial charge in [0.05, 0.1) is 12.2 Å². The van der Waals surface area contributed by atoms with Gasteiger partial charge in [0.1, 0.15) is 0 Å². The zero-order valence-corrected chi connectivity index (χ0v) is 9.63. The average molecular weight is 220 g/mol. The molecule has 0 aromatic heterocycles. The van der Waals surface area contributed by atoms with Crippen LogP contribution in [0.5, 0.6) is 0 Å². The number of unbranched alkanes of at least 4 members (excludes halogenated alkanes) is 1. The fourth-order valence-electron chi connectivity index (χ4n) is 1.63. The summed E-state index contributed by atoms with van der Waals surface area (Å²) in [6, 6.07) is 0. The first-order chi connectivity index (χ1) is 7.08. The van der Waals surface area contributed by atoms with Gasteiger partial charge in [0, 0.05) is 19.1 Å². The number of aliphatic hydroxyl groups is 4. The Morgan fingerprint density at radius 3 is 2.07 bits per heavy atom. The molecule has 0 heterocycles. The van der Waals surface area contributed by atoms with E-state index in [0.717, 1.165) is 12.8 Å². The van der Waals surface area contributed by atoms with Crippen molar-refractivity contribution in [2.45, 2.75) is 45.3 Å². The van der Waals surface area contributed by atoms with E-state index in [-0.39, 0.29) is 19.1 Å². The maximum Gasteiger partial charge on any atom is 0.0852 e. The van der Waals surface area contributed by atoms with Crippen molar-refractivity contribution in [1.29, 1.82) is 0 Å². The monoisotopic (exact) mass is 220 g/mol. The van der Waals surface area contributed by atoms with E-state index in [0.29, 0.717) is 6.42 Å². The molecule has 0 radical (unpaired) electrons. The van der Waals surface area contributed by atoms with Crippen molar-refractivity contribution < 1.29 is 20.4 Å². The number of hydrogen-bond donors (Lipinski definition) is 4. The van der Waals surface area contributed by atoms with Crippen molar-refractivity contribution in [2.75, 3.05) is 13.2 Å². The van der Waals surface area contributed by atoms with Crippen molar-refractivity contribution >= 4 is 0 Å². The molecular weight excluding hydrogens is 196 g/mol. The maximum atomic E-state index is 9.78. The molecule has 15 heavy (non-hydrogen) atoms. The van der Waals surface area contributed by atoms with Crippen LogP contribution >= 0.6 is 0 Å². The van der Waals surface area contributed by atoms with Crippen molar-refractivity contribution in [1.82, 2.24) is 0 Å². The second-order valence-electron chi connectivity index (χ2n) is 4.21. The van der Waals surface area contributed by atoms with Crippen molar-refractivity contribution in [3.8, 4) is 0 Å². The van der Waals surface area contributed by atoms with Crippen LogP contribution in [0, 0.1) is 11.8 Å². The summed E-state index contributed by atoms with van der Waals surface area (Å²) in [7, 11) is 0. The van der Waals surface area contributed by atoms with Crippen LogP contribution in [0.25, 0.3) is 0 Å². The van der Waals surface area contributed by atoms with Crippen LogP contribution < -0.4 is 0 Å². The molecule has 0 saturated heterocycles. The lowest BCUT2D eigenvalue weighted by Gasteiger charge is -2.29. The minimum atomic E-state index is -0.955. The van der Waals surface area contributed by atoms with E-state index in [9.17, 15) is 10.2 Å². The summed E-state index contributed by atoms with van der Waals surface area (Å²) in [5, 5.41) is 37.5. The quantitative estimate of drug-likeness (QED) is 0.469. The van der Waals surface area contributed by atoms with Gasteiger partial charge >= 0.3 is 0 Å². The van der Waals surface area contributed by atoms with Gasteiger partial charge in [-0.1, -0.05) is 26.7 Å². The van der Waals surface area contributed by atoms with Crippen LogP contribution in [0.3, 0.4) is 0 Å². The number of aliphatic hydroxyl groups excluding tert-OH is 4. The molecule has 0 bridgehead atoms. The lowest BCUT2D eigenvalue weighted by Crippen LogP contribution is -2.39. The zero-order chi connectivity index (χ0) is 11.8. The molecule has 92 valence electrons. The molecule has 0 aliphatic carbocycles. The Hall–Kier alpha value is -0.160. The molecule has 0 aromatic rings. The fraction of sp³-hybridized carbons (Fsp3) is 1.00. The first kappa shape index (κ1) is 14.8. The third kappa shape index (κ3) is 4.93. The highest BCUT2D eigenvalue weighted by Crippen LogP contribution is 2.20. The highest BCUT2D eigenvalue weighted by Gasteiger charge is 2.29. The standard InChI is InChI=1S/C11H24O4/c1-3-4-5-10(14)11(15)9(7-13)8(2)6-12/h8-15H,3-7H2,1-2H3. The van der Waals surface area contributed by atoms with Gasteiger partial charge in [-0.25, -0.2) is 0 Å². The van der Waals surface area contributed by atoms with Gasteiger partial charge in [0.25, 0.3) is 0 Å². The first-order valence-corrected chi connectivity index (χ1v) is 5.66. The summed E-state index contributed by atoms with van der Waals surface area (Å²) in [6.07, 6.45) is 0.582. The lowest BCUT2D eigenvalue weighted by molar-refractivity contribution is -0.0586. The molecule has 4 N–H and O–H groups in total. The Morgan fingerprint density at radius 2 is 1.67 bits per heavy atom. The van der Waals surface area contributed by atoms with Gasteiger partial charge < -0.3 is 20.4 Å². The molecule has 0 fully saturated rings. The van der Waals surface area contributed by atoms with Gasteiger partial charge in [0.15, 0.2) is 0 Å². The molecule has 0 rings (SSSR count). The van der Waals surface area contributed by atoms with Gasteiger partial charge in [-0.3, -0.25) is 0 Å². The number of rotatable bonds is 8. The highest BCUT2D eigenvalue weighted by atomic mass is 16.3. The van der Waals surface area contributed by atoms with E-state index in [1.165, 1.54) is 0 Å². The molecule has 4 atom stereocenters. The van der Waals surface area contributed by atoms with E-state index in [2.05, 4.69) is 0 Å². The van der Waals surface area contributed by atoms with Crippen LogP contribution in [0.15, 0.2) is 0 Å². The smallest absolute Gasteiger partial charge is 0.0852 e. The lowest BCUT2D eigenvalue weighted by atomic mass is 9.86. The molecule has 0 spiro atoms. The third-order valence-electron chi connectivity index (χ3n) is 2.92.